The van der Waals surface area contributed by atoms with Crippen molar-refractivity contribution in [1.82, 2.24) is 10.6 Å². The minimum Gasteiger partial charge on any atom is -0.396 e. The van der Waals surface area contributed by atoms with Crippen LogP contribution in [0.2, 0.25) is 0 Å². The monoisotopic (exact) mass is 258 g/mol. The molecule has 1 rings (SSSR count). The molecule has 4 nitrogen and oxygen atoms in total. The molecule has 0 saturated carbocycles. The highest BCUT2D eigenvalue weighted by Crippen LogP contribution is 2.35. The molecule has 0 aromatic rings. The summed E-state index contributed by atoms with van der Waals surface area (Å²) in [6.45, 7) is 12.2. The Morgan fingerprint density at radius 2 is 1.78 bits per heavy atom. The quantitative estimate of drug-likeness (QED) is 0.696. The van der Waals surface area contributed by atoms with Crippen LogP contribution in [-0.2, 0) is 4.79 Å². The van der Waals surface area contributed by atoms with E-state index in [2.05, 4.69) is 31.4 Å². The fourth-order valence-electron chi connectivity index (χ4n) is 2.52. The van der Waals surface area contributed by atoms with E-state index in [-0.39, 0.29) is 5.54 Å². The molecular weight excluding hydrogens is 228 g/mol. The number of hydrogen-bond donors (Lipinski definition) is 3. The Labute approximate surface area is 112 Å². The van der Waals surface area contributed by atoms with E-state index < -0.39 is 0 Å². The zero-order valence-electron chi connectivity index (χ0n) is 12.2. The summed E-state index contributed by atoms with van der Waals surface area (Å²) in [4.78, 5) is 8.00. The molecule has 0 aromatic carbocycles. The molecule has 0 amide bonds. The van der Waals surface area contributed by atoms with Gasteiger partial charge in [-0.25, -0.2) is 0 Å². The molecular formula is C14H30N2O2. The van der Waals surface area contributed by atoms with Gasteiger partial charge in [0.1, 0.15) is 6.79 Å². The molecule has 1 saturated heterocycles. The standard InChI is InChI=1S/C13H28N2O.CH2O/c1-12(2,3)15-10-6-13(7-11-16)4-8-14-9-5-13;1-2/h14-16H,4-11H2,1-3H3;1H2. The lowest BCUT2D eigenvalue weighted by Crippen LogP contribution is -2.42. The number of carbonyl (C=O) groups excluding carboxylic acids is 1. The van der Waals surface area contributed by atoms with Crippen LogP contribution in [0.25, 0.3) is 0 Å². The second-order valence-corrected chi connectivity index (χ2v) is 6.15. The van der Waals surface area contributed by atoms with Crippen LogP contribution in [0.4, 0.5) is 0 Å². The summed E-state index contributed by atoms with van der Waals surface area (Å²) in [5, 5.41) is 16.2. The van der Waals surface area contributed by atoms with Gasteiger partial charge in [-0.05, 0) is 71.5 Å². The predicted molar refractivity (Wildman–Crippen MR) is 75.7 cm³/mol. The zero-order chi connectivity index (χ0) is 14.1. The van der Waals surface area contributed by atoms with Crippen molar-refractivity contribution in [3.63, 3.8) is 0 Å². The summed E-state index contributed by atoms with van der Waals surface area (Å²) in [5.74, 6) is 0. The first-order valence-corrected chi connectivity index (χ1v) is 6.83. The predicted octanol–water partition coefficient (Wildman–Crippen LogP) is 1.33. The van der Waals surface area contributed by atoms with E-state index in [1.165, 1.54) is 19.3 Å². The molecule has 0 unspecified atom stereocenters. The summed E-state index contributed by atoms with van der Waals surface area (Å²) < 4.78 is 0. The number of piperidine rings is 1. The third-order valence-corrected chi connectivity index (χ3v) is 3.62. The van der Waals surface area contributed by atoms with Crippen molar-refractivity contribution in [3.8, 4) is 0 Å². The van der Waals surface area contributed by atoms with Crippen LogP contribution in [0.1, 0.15) is 46.5 Å². The van der Waals surface area contributed by atoms with Gasteiger partial charge in [0.05, 0.1) is 0 Å². The summed E-state index contributed by atoms with van der Waals surface area (Å²) in [7, 11) is 0. The van der Waals surface area contributed by atoms with Crippen molar-refractivity contribution >= 4 is 6.79 Å². The van der Waals surface area contributed by atoms with Crippen LogP contribution in [0.3, 0.4) is 0 Å². The summed E-state index contributed by atoms with van der Waals surface area (Å²) in [5.41, 5.74) is 0.575. The summed E-state index contributed by atoms with van der Waals surface area (Å²) in [6, 6.07) is 0. The molecule has 0 atom stereocenters. The molecule has 0 spiro atoms. The molecule has 0 radical (unpaired) electrons. The van der Waals surface area contributed by atoms with Gasteiger partial charge < -0.3 is 20.5 Å². The molecule has 1 fully saturated rings. The third-order valence-electron chi connectivity index (χ3n) is 3.62. The minimum atomic E-state index is 0.202. The summed E-state index contributed by atoms with van der Waals surface area (Å²) in [6.07, 6.45) is 4.56. The Bertz CT molecular complexity index is 203. The minimum absolute atomic E-state index is 0.202. The van der Waals surface area contributed by atoms with Crippen LogP contribution in [0.15, 0.2) is 0 Å². The largest absolute Gasteiger partial charge is 0.396 e. The van der Waals surface area contributed by atoms with Crippen molar-refractivity contribution in [3.05, 3.63) is 0 Å². The molecule has 1 aliphatic heterocycles. The molecule has 108 valence electrons. The highest BCUT2D eigenvalue weighted by molar-refractivity contribution is 5.11. The maximum absolute atomic E-state index is 9.20. The van der Waals surface area contributed by atoms with Crippen molar-refractivity contribution in [2.75, 3.05) is 26.2 Å². The van der Waals surface area contributed by atoms with Crippen molar-refractivity contribution in [2.24, 2.45) is 5.41 Å². The Balaban J connectivity index is 0.00000137. The Hall–Kier alpha value is -0.450. The Kier molecular flexibility index (Phi) is 8.40. The van der Waals surface area contributed by atoms with E-state index in [0.29, 0.717) is 12.0 Å². The topological polar surface area (TPSA) is 61.4 Å². The average molecular weight is 258 g/mol. The van der Waals surface area contributed by atoms with Crippen molar-refractivity contribution < 1.29 is 9.90 Å². The van der Waals surface area contributed by atoms with E-state index in [9.17, 15) is 5.11 Å². The average Bonchev–Trinajstić information content (AvgIpc) is 2.31. The Morgan fingerprint density at radius 1 is 1.22 bits per heavy atom. The van der Waals surface area contributed by atoms with Crippen molar-refractivity contribution in [1.29, 1.82) is 0 Å². The fraction of sp³-hybridized carbons (Fsp3) is 0.929. The lowest BCUT2D eigenvalue weighted by atomic mass is 9.73. The van der Waals surface area contributed by atoms with Gasteiger partial charge in [-0.1, -0.05) is 0 Å². The number of aliphatic hydroxyl groups is 1. The highest BCUT2D eigenvalue weighted by Gasteiger charge is 2.31. The van der Waals surface area contributed by atoms with Crippen molar-refractivity contribution in [2.45, 2.75) is 52.0 Å². The van der Waals surface area contributed by atoms with E-state index in [1.54, 1.807) is 0 Å². The van der Waals surface area contributed by atoms with Gasteiger partial charge in [0.25, 0.3) is 0 Å². The first-order valence-electron chi connectivity index (χ1n) is 6.83. The smallest absolute Gasteiger partial charge is 0.106 e. The molecule has 18 heavy (non-hydrogen) atoms. The fourth-order valence-corrected chi connectivity index (χ4v) is 2.52. The summed E-state index contributed by atoms with van der Waals surface area (Å²) >= 11 is 0. The molecule has 0 aromatic heterocycles. The van der Waals surface area contributed by atoms with Crippen LogP contribution < -0.4 is 10.6 Å². The number of aliphatic hydroxyl groups excluding tert-OH is 1. The first-order chi connectivity index (χ1) is 8.47. The van der Waals surface area contributed by atoms with Gasteiger partial charge in [-0.15, -0.1) is 0 Å². The van der Waals surface area contributed by atoms with E-state index >= 15 is 0 Å². The van der Waals surface area contributed by atoms with Gasteiger partial charge in [0.2, 0.25) is 0 Å². The molecule has 3 N–H and O–H groups in total. The van der Waals surface area contributed by atoms with Crippen LogP contribution >= 0.6 is 0 Å². The maximum Gasteiger partial charge on any atom is 0.106 e. The van der Waals surface area contributed by atoms with Gasteiger partial charge in [0.15, 0.2) is 0 Å². The Morgan fingerprint density at radius 3 is 2.22 bits per heavy atom. The SMILES string of the molecule is C=O.CC(C)(C)NCCC1(CCO)CCNCC1. The van der Waals surface area contributed by atoms with Gasteiger partial charge in [0, 0.05) is 12.1 Å². The number of nitrogens with one attached hydrogen (secondary N) is 2. The van der Waals surface area contributed by atoms with E-state index in [1.807, 2.05) is 6.79 Å². The van der Waals surface area contributed by atoms with Gasteiger partial charge in [-0.3, -0.25) is 0 Å². The van der Waals surface area contributed by atoms with Crippen LogP contribution in [-0.4, -0.2) is 43.7 Å². The third kappa shape index (κ3) is 7.09. The maximum atomic E-state index is 9.20. The number of hydrogen-bond acceptors (Lipinski definition) is 4. The normalized spacial score (nSPS) is 18.9. The van der Waals surface area contributed by atoms with Crippen LogP contribution in [0.5, 0.6) is 0 Å². The van der Waals surface area contributed by atoms with Crippen LogP contribution in [0, 0.1) is 5.41 Å². The molecule has 0 aliphatic carbocycles. The molecule has 1 heterocycles. The van der Waals surface area contributed by atoms with Gasteiger partial charge in [-0.2, -0.15) is 0 Å². The highest BCUT2D eigenvalue weighted by atomic mass is 16.3. The van der Waals surface area contributed by atoms with Gasteiger partial charge >= 0.3 is 0 Å². The lowest BCUT2D eigenvalue weighted by Gasteiger charge is -2.38. The lowest BCUT2D eigenvalue weighted by molar-refractivity contribution is -0.0979. The second-order valence-electron chi connectivity index (χ2n) is 6.15. The molecule has 0 bridgehead atoms. The molecule has 4 heteroatoms. The number of rotatable bonds is 5. The number of carbonyl (C=O) groups is 1. The zero-order valence-corrected chi connectivity index (χ0v) is 12.2. The van der Waals surface area contributed by atoms with E-state index in [4.69, 9.17) is 4.79 Å². The van der Waals surface area contributed by atoms with E-state index in [0.717, 1.165) is 26.1 Å². The second kappa shape index (κ2) is 8.62. The first kappa shape index (κ1) is 17.6. The molecule has 1 aliphatic rings.